The molecule has 6 atom stereocenters. The highest BCUT2D eigenvalue weighted by atomic mass is 31.2. The van der Waals surface area contributed by atoms with Crippen LogP contribution in [-0.4, -0.2) is 58.6 Å². The van der Waals surface area contributed by atoms with Gasteiger partial charge in [-0.05, 0) is 57.2 Å². The zero-order valence-corrected chi connectivity index (χ0v) is 23.9. The molecular formula is C26H33FN3O10P. The van der Waals surface area contributed by atoms with Gasteiger partial charge in [-0.25, -0.2) is 13.8 Å². The number of hydrogen-bond acceptors (Lipinski definition) is 10. The highest BCUT2D eigenvalue weighted by molar-refractivity contribution is 7.52. The van der Waals surface area contributed by atoms with Crippen LogP contribution in [0.2, 0.25) is 0 Å². The number of rotatable bonds is 12. The first-order valence-corrected chi connectivity index (χ1v) is 14.7. The van der Waals surface area contributed by atoms with Gasteiger partial charge < -0.3 is 18.7 Å². The lowest BCUT2D eigenvalue weighted by atomic mass is 10.1. The normalized spacial score (nSPS) is 24.4. The fourth-order valence-corrected chi connectivity index (χ4v) is 5.76. The molecular weight excluding hydrogens is 564 g/mol. The van der Waals surface area contributed by atoms with Gasteiger partial charge in [-0.3, -0.25) is 28.5 Å². The number of nitrogens with zero attached hydrogens (tertiary/aromatic N) is 1. The summed E-state index contributed by atoms with van der Waals surface area (Å²) in [6.07, 6.45) is -3.79. The lowest BCUT2D eigenvalue weighted by Gasteiger charge is -2.25. The maximum atomic E-state index is 15.5. The zero-order chi connectivity index (χ0) is 29.9. The van der Waals surface area contributed by atoms with E-state index in [2.05, 4.69) is 5.09 Å². The molecule has 1 aromatic heterocycles. The molecule has 2 aliphatic rings. The van der Waals surface area contributed by atoms with Gasteiger partial charge in [0, 0.05) is 19.2 Å². The molecule has 1 aliphatic heterocycles. The molecule has 4 rings (SSSR count). The third-order valence-electron chi connectivity index (χ3n) is 6.31. The molecule has 0 radical (unpaired) electrons. The van der Waals surface area contributed by atoms with Crippen molar-refractivity contribution in [2.45, 2.75) is 83.2 Å². The Labute approximate surface area is 234 Å². The number of alkyl halides is 1. The summed E-state index contributed by atoms with van der Waals surface area (Å²) in [5.74, 6) is -0.892. The van der Waals surface area contributed by atoms with Crippen LogP contribution in [-0.2, 0) is 32.9 Å². The van der Waals surface area contributed by atoms with Crippen molar-refractivity contribution in [3.8, 4) is 5.75 Å². The molecule has 0 bridgehead atoms. The van der Waals surface area contributed by atoms with Crippen molar-refractivity contribution in [1.29, 1.82) is 0 Å². The molecule has 2 fully saturated rings. The van der Waals surface area contributed by atoms with Crippen molar-refractivity contribution >= 4 is 19.7 Å². The summed E-state index contributed by atoms with van der Waals surface area (Å²) in [5, 5.41) is 2.53. The summed E-state index contributed by atoms with van der Waals surface area (Å²) in [4.78, 5) is 49.9. The van der Waals surface area contributed by atoms with Gasteiger partial charge in [0.2, 0.25) is 0 Å². The minimum absolute atomic E-state index is 0.180. The van der Waals surface area contributed by atoms with Gasteiger partial charge in [-0.15, -0.1) is 0 Å². The van der Waals surface area contributed by atoms with Crippen LogP contribution < -0.4 is 20.9 Å². The molecule has 224 valence electrons. The third-order valence-corrected chi connectivity index (χ3v) is 7.96. The molecule has 1 saturated carbocycles. The number of hydrogen-bond donors (Lipinski definition) is 2. The van der Waals surface area contributed by atoms with Gasteiger partial charge in [0.05, 0.1) is 12.7 Å². The SMILES string of the molecule is CC(=O)O[C@H]1[C@@H](F)[C@H](n2ccc(=O)[nH]c2=O)O[C@@H]1CO[P@@](=O)(N[C@@H](C)C(=O)OC(C)C)Oc1ccc(C2CC2)cc1. The molecule has 2 aromatic rings. The number of aromatic amines is 1. The van der Waals surface area contributed by atoms with Crippen LogP contribution in [0.4, 0.5) is 4.39 Å². The number of halogens is 1. The predicted molar refractivity (Wildman–Crippen MR) is 142 cm³/mol. The molecule has 1 aromatic carbocycles. The standard InChI is InChI=1S/C26H33FN3O10P/c1-14(2)37-25(33)15(3)29-41(35,40-19-9-7-18(8-10-19)17-5-6-17)36-13-20-23(38-16(4)31)22(27)24(39-20)30-12-11-21(32)28-26(30)34/h7-12,14-15,17,20,22-24H,5-6,13H2,1-4H3,(H,29,35)(H,28,32,34)/t15-,20+,22+,23+,24+,41-/m0/s1. The highest BCUT2D eigenvalue weighted by Gasteiger charge is 2.50. The molecule has 0 unspecified atom stereocenters. The number of nitrogens with one attached hydrogen (secondary N) is 2. The fraction of sp³-hybridized carbons (Fsp3) is 0.538. The van der Waals surface area contributed by atoms with Crippen molar-refractivity contribution in [3.05, 3.63) is 62.9 Å². The van der Waals surface area contributed by atoms with E-state index in [-0.39, 0.29) is 5.75 Å². The van der Waals surface area contributed by atoms with E-state index in [4.69, 9.17) is 23.3 Å². The summed E-state index contributed by atoms with van der Waals surface area (Å²) in [6.45, 7) is 5.14. The lowest BCUT2D eigenvalue weighted by molar-refractivity contribution is -0.152. The van der Waals surface area contributed by atoms with Gasteiger partial charge in [0.1, 0.15) is 17.9 Å². The molecule has 2 N–H and O–H groups in total. The van der Waals surface area contributed by atoms with Crippen LogP contribution in [0.1, 0.15) is 58.2 Å². The molecule has 41 heavy (non-hydrogen) atoms. The van der Waals surface area contributed by atoms with E-state index in [1.807, 2.05) is 17.1 Å². The van der Waals surface area contributed by atoms with E-state index >= 15 is 4.39 Å². The van der Waals surface area contributed by atoms with E-state index in [0.717, 1.165) is 42.2 Å². The number of benzene rings is 1. The second-order valence-corrected chi connectivity index (χ2v) is 11.9. The smallest absolute Gasteiger partial charge is 0.459 e. The van der Waals surface area contributed by atoms with Crippen LogP contribution in [0.15, 0.2) is 46.1 Å². The predicted octanol–water partition coefficient (Wildman–Crippen LogP) is 2.71. The molecule has 1 saturated heterocycles. The van der Waals surface area contributed by atoms with E-state index in [1.165, 1.54) is 6.92 Å². The minimum Gasteiger partial charge on any atom is -0.462 e. The summed E-state index contributed by atoms with van der Waals surface area (Å²) < 4.78 is 57.4. The third kappa shape index (κ3) is 7.91. The van der Waals surface area contributed by atoms with Crippen molar-refractivity contribution in [3.63, 3.8) is 0 Å². The average Bonchev–Trinajstić information content (AvgIpc) is 3.69. The molecule has 13 nitrogen and oxygen atoms in total. The second kappa shape index (κ2) is 12.7. The van der Waals surface area contributed by atoms with E-state index < -0.39 is 74.3 Å². The number of aromatic nitrogens is 2. The Kier molecular flexibility index (Phi) is 9.48. The average molecular weight is 598 g/mol. The van der Waals surface area contributed by atoms with Crippen LogP contribution in [0.25, 0.3) is 0 Å². The Hall–Kier alpha value is -3.32. The Morgan fingerprint density at radius 1 is 1.17 bits per heavy atom. The van der Waals surface area contributed by atoms with Gasteiger partial charge in [-0.1, -0.05) is 12.1 Å². The van der Waals surface area contributed by atoms with Crippen LogP contribution in [0, 0.1) is 0 Å². The molecule has 2 heterocycles. The van der Waals surface area contributed by atoms with Crippen LogP contribution >= 0.6 is 7.75 Å². The monoisotopic (exact) mass is 597 g/mol. The van der Waals surface area contributed by atoms with Gasteiger partial charge in [-0.2, -0.15) is 5.09 Å². The quantitative estimate of drug-likeness (QED) is 0.273. The van der Waals surface area contributed by atoms with Crippen molar-refractivity contribution in [2.24, 2.45) is 0 Å². The van der Waals surface area contributed by atoms with Gasteiger partial charge in [0.25, 0.3) is 5.56 Å². The largest absolute Gasteiger partial charge is 0.462 e. The molecule has 1 aliphatic carbocycles. The number of H-pyrrole nitrogens is 1. The van der Waals surface area contributed by atoms with E-state index in [0.29, 0.717) is 5.92 Å². The molecule has 15 heteroatoms. The summed E-state index contributed by atoms with van der Waals surface area (Å²) in [6, 6.07) is 6.78. The minimum atomic E-state index is -4.37. The summed E-state index contributed by atoms with van der Waals surface area (Å²) >= 11 is 0. The maximum absolute atomic E-state index is 15.5. The number of esters is 2. The lowest BCUT2D eigenvalue weighted by Crippen LogP contribution is -2.39. The molecule has 0 amide bonds. The Bertz CT molecular complexity index is 1410. The van der Waals surface area contributed by atoms with Gasteiger partial charge in [0.15, 0.2) is 18.5 Å². The molecule has 0 spiro atoms. The highest BCUT2D eigenvalue weighted by Crippen LogP contribution is 2.47. The number of ether oxygens (including phenoxy) is 3. The first-order valence-electron chi connectivity index (χ1n) is 13.2. The Morgan fingerprint density at radius 2 is 1.85 bits per heavy atom. The zero-order valence-electron chi connectivity index (χ0n) is 23.0. The van der Waals surface area contributed by atoms with Crippen LogP contribution in [0.3, 0.4) is 0 Å². The van der Waals surface area contributed by atoms with Crippen molar-refractivity contribution < 1.29 is 41.8 Å². The Balaban J connectivity index is 1.55. The van der Waals surface area contributed by atoms with Gasteiger partial charge >= 0.3 is 25.4 Å². The second-order valence-electron chi connectivity index (χ2n) is 10.2. The number of carbonyl (C=O) groups is 2. The van der Waals surface area contributed by atoms with Crippen molar-refractivity contribution in [2.75, 3.05) is 6.61 Å². The Morgan fingerprint density at radius 3 is 2.44 bits per heavy atom. The van der Waals surface area contributed by atoms with Crippen LogP contribution in [0.5, 0.6) is 5.75 Å². The first-order chi connectivity index (χ1) is 19.3. The number of carbonyl (C=O) groups excluding carboxylic acids is 2. The van der Waals surface area contributed by atoms with E-state index in [9.17, 15) is 23.7 Å². The summed E-state index contributed by atoms with van der Waals surface area (Å²) in [5.41, 5.74) is -0.539. The summed E-state index contributed by atoms with van der Waals surface area (Å²) in [7, 11) is -4.37. The maximum Gasteiger partial charge on any atom is 0.459 e. The topological polar surface area (TPSA) is 164 Å². The fourth-order valence-electron chi connectivity index (χ4n) is 4.25. The van der Waals surface area contributed by atoms with E-state index in [1.54, 1.807) is 26.0 Å². The van der Waals surface area contributed by atoms with Crippen molar-refractivity contribution in [1.82, 2.24) is 14.6 Å². The first kappa shape index (κ1) is 30.6.